The van der Waals surface area contributed by atoms with Crippen LogP contribution in [0.25, 0.3) is 11.0 Å². The van der Waals surface area contributed by atoms with E-state index in [-0.39, 0.29) is 18.7 Å². The number of rotatable bonds is 5. The topological polar surface area (TPSA) is 82.7 Å². The van der Waals surface area contributed by atoms with Gasteiger partial charge in [0.2, 0.25) is 0 Å². The van der Waals surface area contributed by atoms with E-state index in [1.165, 1.54) is 0 Å². The van der Waals surface area contributed by atoms with Crippen LogP contribution in [0.4, 0.5) is 0 Å². The van der Waals surface area contributed by atoms with Crippen molar-refractivity contribution in [1.29, 1.82) is 0 Å². The number of aliphatic hydroxyl groups is 1. The van der Waals surface area contributed by atoms with E-state index in [2.05, 4.69) is 5.32 Å². The number of carboxylic acid groups (broad SMARTS) is 1. The molecule has 0 aliphatic carbocycles. The number of aromatic carboxylic acids is 1. The van der Waals surface area contributed by atoms with Crippen LogP contribution >= 0.6 is 0 Å². The number of hydrogen-bond donors (Lipinski definition) is 3. The summed E-state index contributed by atoms with van der Waals surface area (Å²) in [5, 5.41) is 22.1. The fourth-order valence-corrected chi connectivity index (χ4v) is 1.83. The van der Waals surface area contributed by atoms with E-state index in [0.717, 1.165) is 0 Å². The van der Waals surface area contributed by atoms with Crippen LogP contribution in [-0.4, -0.2) is 28.3 Å². The summed E-state index contributed by atoms with van der Waals surface area (Å²) in [6.45, 7) is 3.87. The van der Waals surface area contributed by atoms with Crippen molar-refractivity contribution in [1.82, 2.24) is 5.32 Å². The van der Waals surface area contributed by atoms with Crippen molar-refractivity contribution in [2.75, 3.05) is 6.61 Å². The maximum Gasteiger partial charge on any atom is 0.339 e. The molecule has 2 rings (SSSR count). The maximum atomic E-state index is 11.4. The van der Waals surface area contributed by atoms with Crippen molar-refractivity contribution in [2.45, 2.75) is 25.9 Å². The first-order chi connectivity index (χ1) is 8.94. The van der Waals surface area contributed by atoms with Crippen LogP contribution in [0.5, 0.6) is 0 Å². The van der Waals surface area contributed by atoms with E-state index in [1.54, 1.807) is 24.3 Å². The highest BCUT2D eigenvalue weighted by atomic mass is 16.4. The summed E-state index contributed by atoms with van der Waals surface area (Å²) >= 11 is 0. The van der Waals surface area contributed by atoms with Crippen molar-refractivity contribution in [3.8, 4) is 0 Å². The van der Waals surface area contributed by atoms with Gasteiger partial charge in [0.15, 0.2) is 0 Å². The van der Waals surface area contributed by atoms with Crippen LogP contribution in [-0.2, 0) is 6.54 Å². The summed E-state index contributed by atoms with van der Waals surface area (Å²) in [5.41, 5.74) is 0.240. The van der Waals surface area contributed by atoms with E-state index in [9.17, 15) is 15.0 Å². The number of nitrogens with one attached hydrogen (secondary N) is 1. The molecule has 3 N–H and O–H groups in total. The summed E-state index contributed by atoms with van der Waals surface area (Å²) in [7, 11) is 0. The monoisotopic (exact) mass is 263 g/mol. The number of aliphatic hydroxyl groups excluding tert-OH is 1. The molecule has 0 fully saturated rings. The average Bonchev–Trinajstić information content (AvgIpc) is 2.75. The lowest BCUT2D eigenvalue weighted by atomic mass is 10.1. The van der Waals surface area contributed by atoms with Crippen molar-refractivity contribution >= 4 is 16.9 Å². The van der Waals surface area contributed by atoms with Crippen LogP contribution in [0.1, 0.15) is 30.0 Å². The minimum Gasteiger partial charge on any atom is -0.478 e. The van der Waals surface area contributed by atoms with Gasteiger partial charge in [0.1, 0.15) is 16.9 Å². The third kappa shape index (κ3) is 2.77. The average molecular weight is 263 g/mol. The molecule has 0 amide bonds. The van der Waals surface area contributed by atoms with Gasteiger partial charge in [-0.15, -0.1) is 0 Å². The van der Waals surface area contributed by atoms with Gasteiger partial charge in [-0.3, -0.25) is 0 Å². The Morgan fingerprint density at radius 2 is 2.05 bits per heavy atom. The largest absolute Gasteiger partial charge is 0.478 e. The second-order valence-electron chi connectivity index (χ2n) is 5.10. The van der Waals surface area contributed by atoms with Crippen molar-refractivity contribution < 1.29 is 19.4 Å². The van der Waals surface area contributed by atoms with Crippen LogP contribution in [0.3, 0.4) is 0 Å². The molecule has 0 atom stereocenters. The van der Waals surface area contributed by atoms with Gasteiger partial charge in [-0.05, 0) is 19.9 Å². The molecule has 0 saturated heterocycles. The lowest BCUT2D eigenvalue weighted by Crippen LogP contribution is -2.42. The third-order valence-corrected chi connectivity index (χ3v) is 3.01. The van der Waals surface area contributed by atoms with E-state index >= 15 is 0 Å². The summed E-state index contributed by atoms with van der Waals surface area (Å²) in [5.74, 6) is -0.640. The molecule has 0 unspecified atom stereocenters. The number of hydrogen-bond acceptors (Lipinski definition) is 4. The molecule has 1 aromatic carbocycles. The summed E-state index contributed by atoms with van der Waals surface area (Å²) in [6, 6.07) is 7.04. The summed E-state index contributed by atoms with van der Waals surface area (Å²) < 4.78 is 5.58. The van der Waals surface area contributed by atoms with Crippen molar-refractivity contribution in [2.24, 2.45) is 0 Å². The van der Waals surface area contributed by atoms with Gasteiger partial charge in [0, 0.05) is 10.9 Å². The van der Waals surface area contributed by atoms with Gasteiger partial charge in [-0.25, -0.2) is 4.79 Å². The standard InChI is InChI=1S/C14H17NO4/c1-14(2,8-16)15-7-11-12(13(17)18)9-5-3-4-6-10(9)19-11/h3-6,15-16H,7-8H2,1-2H3,(H,17,18). The Morgan fingerprint density at radius 1 is 1.37 bits per heavy atom. The maximum absolute atomic E-state index is 11.4. The highest BCUT2D eigenvalue weighted by Crippen LogP contribution is 2.26. The molecule has 5 heteroatoms. The zero-order valence-corrected chi connectivity index (χ0v) is 10.9. The quantitative estimate of drug-likeness (QED) is 0.768. The SMILES string of the molecule is CC(C)(CO)NCc1oc2ccccc2c1C(=O)O. The fourth-order valence-electron chi connectivity index (χ4n) is 1.83. The molecule has 5 nitrogen and oxygen atoms in total. The van der Waals surface area contributed by atoms with Gasteiger partial charge >= 0.3 is 5.97 Å². The third-order valence-electron chi connectivity index (χ3n) is 3.01. The Labute approximate surface area is 110 Å². The molecular weight excluding hydrogens is 246 g/mol. The Hall–Kier alpha value is -1.85. The van der Waals surface area contributed by atoms with Gasteiger partial charge in [0.05, 0.1) is 13.2 Å². The number of carbonyl (C=O) groups is 1. The van der Waals surface area contributed by atoms with Gasteiger partial charge < -0.3 is 19.9 Å². The molecule has 0 bridgehead atoms. The first-order valence-corrected chi connectivity index (χ1v) is 6.04. The summed E-state index contributed by atoms with van der Waals surface area (Å²) in [6.07, 6.45) is 0. The molecule has 102 valence electrons. The zero-order valence-electron chi connectivity index (χ0n) is 10.9. The van der Waals surface area contributed by atoms with Gasteiger partial charge in [0.25, 0.3) is 0 Å². The number of furan rings is 1. The molecule has 2 aromatic rings. The number of para-hydroxylation sites is 1. The normalized spacial score (nSPS) is 11.9. The smallest absolute Gasteiger partial charge is 0.339 e. The Kier molecular flexibility index (Phi) is 3.59. The number of carboxylic acids is 1. The Morgan fingerprint density at radius 3 is 2.68 bits per heavy atom. The molecule has 1 heterocycles. The Bertz CT molecular complexity index is 601. The van der Waals surface area contributed by atoms with E-state index in [4.69, 9.17) is 4.42 Å². The number of fused-ring (bicyclic) bond motifs is 1. The van der Waals surface area contributed by atoms with Gasteiger partial charge in [-0.1, -0.05) is 18.2 Å². The molecule has 0 aliphatic heterocycles. The van der Waals surface area contributed by atoms with E-state index in [0.29, 0.717) is 16.7 Å². The molecule has 0 spiro atoms. The highest BCUT2D eigenvalue weighted by Gasteiger charge is 2.22. The van der Waals surface area contributed by atoms with Crippen LogP contribution < -0.4 is 5.32 Å². The summed E-state index contributed by atoms with van der Waals surface area (Å²) in [4.78, 5) is 11.4. The van der Waals surface area contributed by atoms with E-state index in [1.807, 2.05) is 13.8 Å². The minimum absolute atomic E-state index is 0.0460. The van der Waals surface area contributed by atoms with Crippen molar-refractivity contribution in [3.63, 3.8) is 0 Å². The lowest BCUT2D eigenvalue weighted by Gasteiger charge is -2.22. The molecule has 0 radical (unpaired) electrons. The molecular formula is C14H17NO4. The van der Waals surface area contributed by atoms with E-state index < -0.39 is 11.5 Å². The molecule has 19 heavy (non-hydrogen) atoms. The second kappa shape index (κ2) is 5.03. The Balaban J connectivity index is 2.37. The first-order valence-electron chi connectivity index (χ1n) is 6.04. The van der Waals surface area contributed by atoms with Crippen LogP contribution in [0.15, 0.2) is 28.7 Å². The van der Waals surface area contributed by atoms with Crippen molar-refractivity contribution in [3.05, 3.63) is 35.6 Å². The number of benzene rings is 1. The first kappa shape index (κ1) is 13.6. The lowest BCUT2D eigenvalue weighted by molar-refractivity contribution is 0.0695. The zero-order chi connectivity index (χ0) is 14.0. The molecule has 0 saturated carbocycles. The van der Waals surface area contributed by atoms with Crippen LogP contribution in [0, 0.1) is 0 Å². The minimum atomic E-state index is -1.01. The molecule has 1 aromatic heterocycles. The predicted molar refractivity (Wildman–Crippen MR) is 71.2 cm³/mol. The highest BCUT2D eigenvalue weighted by molar-refractivity contribution is 6.03. The van der Waals surface area contributed by atoms with Gasteiger partial charge in [-0.2, -0.15) is 0 Å². The predicted octanol–water partition coefficient (Wildman–Crippen LogP) is 1.99. The van der Waals surface area contributed by atoms with Crippen LogP contribution in [0.2, 0.25) is 0 Å². The fraction of sp³-hybridized carbons (Fsp3) is 0.357. The molecule has 0 aliphatic rings. The second-order valence-corrected chi connectivity index (χ2v) is 5.10.